The average molecular weight is 216 g/mol. The van der Waals surface area contributed by atoms with Gasteiger partial charge in [-0.25, -0.2) is 0 Å². The van der Waals surface area contributed by atoms with Gasteiger partial charge in [-0.15, -0.1) is 0 Å². The third kappa shape index (κ3) is 1.42. The molecule has 16 heavy (non-hydrogen) atoms. The third-order valence-electron chi connectivity index (χ3n) is 3.55. The quantitative estimate of drug-likeness (QED) is 0.780. The van der Waals surface area contributed by atoms with E-state index in [9.17, 15) is 4.79 Å². The van der Waals surface area contributed by atoms with Crippen LogP contribution in [0.1, 0.15) is 42.3 Å². The number of hydrogen-bond donors (Lipinski definition) is 1. The van der Waals surface area contributed by atoms with Gasteiger partial charge in [0.05, 0.1) is 5.69 Å². The van der Waals surface area contributed by atoms with Crippen molar-refractivity contribution in [2.45, 2.75) is 45.4 Å². The van der Waals surface area contributed by atoms with Crippen LogP contribution < -0.4 is 5.32 Å². The Bertz CT molecular complexity index is 433. The highest BCUT2D eigenvalue weighted by Gasteiger charge is 2.25. The number of amides is 1. The SMILES string of the molecule is CC(=O)Nc1c2c(nc3c1CCC3)CCC2. The maximum absolute atomic E-state index is 11.3. The van der Waals surface area contributed by atoms with Gasteiger partial charge >= 0.3 is 0 Å². The van der Waals surface area contributed by atoms with Gasteiger partial charge in [0.25, 0.3) is 0 Å². The van der Waals surface area contributed by atoms with Gasteiger partial charge in [0.1, 0.15) is 0 Å². The van der Waals surface area contributed by atoms with Crippen molar-refractivity contribution in [3.8, 4) is 0 Å². The summed E-state index contributed by atoms with van der Waals surface area (Å²) in [5.41, 5.74) is 6.16. The highest BCUT2D eigenvalue weighted by atomic mass is 16.1. The topological polar surface area (TPSA) is 42.0 Å². The van der Waals surface area contributed by atoms with E-state index in [1.165, 1.54) is 35.4 Å². The molecule has 0 fully saturated rings. The Kier molecular flexibility index (Phi) is 2.20. The summed E-state index contributed by atoms with van der Waals surface area (Å²) in [6.45, 7) is 1.59. The van der Waals surface area contributed by atoms with E-state index in [1.807, 2.05) is 0 Å². The van der Waals surface area contributed by atoms with E-state index < -0.39 is 0 Å². The minimum atomic E-state index is 0.0365. The molecule has 3 rings (SSSR count). The van der Waals surface area contributed by atoms with Gasteiger partial charge in [0, 0.05) is 18.3 Å². The molecule has 1 aromatic rings. The van der Waals surface area contributed by atoms with E-state index in [4.69, 9.17) is 4.98 Å². The fraction of sp³-hybridized carbons (Fsp3) is 0.538. The van der Waals surface area contributed by atoms with Gasteiger partial charge in [0.2, 0.25) is 5.91 Å². The van der Waals surface area contributed by atoms with Gasteiger partial charge in [-0.3, -0.25) is 9.78 Å². The van der Waals surface area contributed by atoms with Crippen molar-refractivity contribution in [2.24, 2.45) is 0 Å². The first kappa shape index (κ1) is 9.82. The van der Waals surface area contributed by atoms with E-state index in [0.717, 1.165) is 31.4 Å². The monoisotopic (exact) mass is 216 g/mol. The predicted octanol–water partition coefficient (Wildman–Crippen LogP) is 2.02. The molecule has 2 aliphatic rings. The number of pyridine rings is 1. The van der Waals surface area contributed by atoms with Crippen molar-refractivity contribution < 1.29 is 4.79 Å². The van der Waals surface area contributed by atoms with E-state index in [1.54, 1.807) is 6.92 Å². The summed E-state index contributed by atoms with van der Waals surface area (Å²) >= 11 is 0. The van der Waals surface area contributed by atoms with Gasteiger partial charge in [-0.1, -0.05) is 0 Å². The number of carbonyl (C=O) groups is 1. The second-order valence-electron chi connectivity index (χ2n) is 4.73. The molecule has 0 aliphatic heterocycles. The number of rotatable bonds is 1. The van der Waals surface area contributed by atoms with Crippen molar-refractivity contribution in [2.75, 3.05) is 5.32 Å². The lowest BCUT2D eigenvalue weighted by atomic mass is 10.1. The molecule has 0 atom stereocenters. The molecule has 0 radical (unpaired) electrons. The first-order valence-corrected chi connectivity index (χ1v) is 6.07. The predicted molar refractivity (Wildman–Crippen MR) is 62.6 cm³/mol. The zero-order valence-corrected chi connectivity index (χ0v) is 9.60. The Hall–Kier alpha value is -1.38. The molecule has 0 saturated heterocycles. The zero-order chi connectivity index (χ0) is 11.1. The summed E-state index contributed by atoms with van der Waals surface area (Å²) in [6.07, 6.45) is 6.66. The first-order valence-electron chi connectivity index (χ1n) is 6.07. The normalized spacial score (nSPS) is 17.1. The molecule has 1 aromatic heterocycles. The number of carbonyl (C=O) groups excluding carboxylic acids is 1. The lowest BCUT2D eigenvalue weighted by molar-refractivity contribution is -0.114. The second kappa shape index (κ2) is 3.58. The highest BCUT2D eigenvalue weighted by Crippen LogP contribution is 2.36. The second-order valence-corrected chi connectivity index (χ2v) is 4.73. The lowest BCUT2D eigenvalue weighted by Crippen LogP contribution is -2.12. The van der Waals surface area contributed by atoms with Crippen molar-refractivity contribution >= 4 is 11.6 Å². The molecule has 1 N–H and O–H groups in total. The van der Waals surface area contributed by atoms with Crippen molar-refractivity contribution in [1.82, 2.24) is 4.98 Å². The molecule has 1 amide bonds. The fourth-order valence-corrected chi connectivity index (χ4v) is 2.91. The Morgan fingerprint density at radius 1 is 1.06 bits per heavy atom. The third-order valence-corrected chi connectivity index (χ3v) is 3.55. The molecule has 0 spiro atoms. The number of nitrogens with zero attached hydrogens (tertiary/aromatic N) is 1. The number of fused-ring (bicyclic) bond motifs is 2. The lowest BCUT2D eigenvalue weighted by Gasteiger charge is -2.14. The van der Waals surface area contributed by atoms with Gasteiger partial charge < -0.3 is 5.32 Å². The van der Waals surface area contributed by atoms with E-state index >= 15 is 0 Å². The van der Waals surface area contributed by atoms with Crippen molar-refractivity contribution in [1.29, 1.82) is 0 Å². The van der Waals surface area contributed by atoms with Crippen LogP contribution in [0.15, 0.2) is 0 Å². The van der Waals surface area contributed by atoms with Crippen molar-refractivity contribution in [3.63, 3.8) is 0 Å². The molecule has 1 heterocycles. The van der Waals surface area contributed by atoms with Crippen LogP contribution >= 0.6 is 0 Å². The molecule has 0 saturated carbocycles. The van der Waals surface area contributed by atoms with Crippen LogP contribution in [-0.2, 0) is 30.5 Å². The Morgan fingerprint density at radius 2 is 1.62 bits per heavy atom. The van der Waals surface area contributed by atoms with Crippen LogP contribution in [0.2, 0.25) is 0 Å². The Balaban J connectivity index is 2.15. The summed E-state index contributed by atoms with van der Waals surface area (Å²) in [6, 6.07) is 0. The summed E-state index contributed by atoms with van der Waals surface area (Å²) in [4.78, 5) is 16.0. The number of nitrogens with one attached hydrogen (secondary N) is 1. The largest absolute Gasteiger partial charge is 0.326 e. The summed E-state index contributed by atoms with van der Waals surface area (Å²) in [5.74, 6) is 0.0365. The Labute approximate surface area is 95.3 Å². The van der Waals surface area contributed by atoms with Crippen LogP contribution in [0, 0.1) is 0 Å². The summed E-state index contributed by atoms with van der Waals surface area (Å²) in [5, 5.41) is 3.03. The minimum absolute atomic E-state index is 0.0365. The maximum atomic E-state index is 11.3. The van der Waals surface area contributed by atoms with E-state index in [-0.39, 0.29) is 5.91 Å². The van der Waals surface area contributed by atoms with Crippen LogP contribution in [0.25, 0.3) is 0 Å². The molecule has 3 heteroatoms. The number of aryl methyl sites for hydroxylation is 2. The molecular weight excluding hydrogens is 200 g/mol. The standard InChI is InChI=1S/C13H16N2O/c1-8(16)14-13-9-4-2-6-11(9)15-12-7-3-5-10(12)13/h2-7H2,1H3,(H,14,15,16). The fourth-order valence-electron chi connectivity index (χ4n) is 2.91. The molecule has 0 bridgehead atoms. The number of aromatic nitrogens is 1. The molecule has 84 valence electrons. The van der Waals surface area contributed by atoms with Crippen LogP contribution in [0.4, 0.5) is 5.69 Å². The Morgan fingerprint density at radius 3 is 2.12 bits per heavy atom. The maximum Gasteiger partial charge on any atom is 0.221 e. The van der Waals surface area contributed by atoms with E-state index in [2.05, 4.69) is 5.32 Å². The van der Waals surface area contributed by atoms with Crippen LogP contribution in [0.3, 0.4) is 0 Å². The summed E-state index contributed by atoms with van der Waals surface area (Å²) < 4.78 is 0. The molecular formula is C13H16N2O. The highest BCUT2D eigenvalue weighted by molar-refractivity contribution is 5.91. The van der Waals surface area contributed by atoms with Gasteiger partial charge in [0.15, 0.2) is 0 Å². The van der Waals surface area contributed by atoms with Gasteiger partial charge in [-0.05, 0) is 49.7 Å². The zero-order valence-electron chi connectivity index (χ0n) is 9.60. The number of hydrogen-bond acceptors (Lipinski definition) is 2. The number of anilines is 1. The first-order chi connectivity index (χ1) is 7.75. The average Bonchev–Trinajstić information content (AvgIpc) is 2.83. The molecule has 2 aliphatic carbocycles. The minimum Gasteiger partial charge on any atom is -0.326 e. The summed E-state index contributed by atoms with van der Waals surface area (Å²) in [7, 11) is 0. The molecule has 0 unspecified atom stereocenters. The molecule has 3 nitrogen and oxygen atoms in total. The van der Waals surface area contributed by atoms with Crippen LogP contribution in [0.5, 0.6) is 0 Å². The van der Waals surface area contributed by atoms with Crippen molar-refractivity contribution in [3.05, 3.63) is 22.5 Å². The van der Waals surface area contributed by atoms with Crippen LogP contribution in [-0.4, -0.2) is 10.9 Å². The van der Waals surface area contributed by atoms with Gasteiger partial charge in [-0.2, -0.15) is 0 Å². The van der Waals surface area contributed by atoms with E-state index in [0.29, 0.717) is 0 Å². The molecule has 0 aromatic carbocycles. The smallest absolute Gasteiger partial charge is 0.221 e.